The van der Waals surface area contributed by atoms with Crippen LogP contribution in [-0.4, -0.2) is 29.4 Å². The van der Waals surface area contributed by atoms with Crippen molar-refractivity contribution < 1.29 is 4.79 Å². The Morgan fingerprint density at radius 2 is 1.87 bits per heavy atom. The molecule has 0 bridgehead atoms. The third kappa shape index (κ3) is 3.95. The molecule has 1 aromatic carbocycles. The number of hydrogen-bond acceptors (Lipinski definition) is 2. The predicted molar refractivity (Wildman–Crippen MR) is 94.2 cm³/mol. The van der Waals surface area contributed by atoms with Gasteiger partial charge in [-0.2, -0.15) is 0 Å². The molecular weight excluding hydrogens is 284 g/mol. The first-order valence-electron chi connectivity index (χ1n) is 7.63. The molecule has 1 heterocycles. The van der Waals surface area contributed by atoms with Gasteiger partial charge in [-0.15, -0.1) is 13.2 Å². The van der Waals surface area contributed by atoms with Gasteiger partial charge in [0.1, 0.15) is 0 Å². The first kappa shape index (κ1) is 16.7. The molecule has 1 aromatic heterocycles. The Morgan fingerprint density at radius 3 is 2.43 bits per heavy atom. The van der Waals surface area contributed by atoms with Crippen LogP contribution < -0.4 is 0 Å². The van der Waals surface area contributed by atoms with E-state index in [1.807, 2.05) is 54.6 Å². The monoisotopic (exact) mass is 306 g/mol. The van der Waals surface area contributed by atoms with Gasteiger partial charge >= 0.3 is 0 Å². The van der Waals surface area contributed by atoms with Crippen molar-refractivity contribution in [2.75, 3.05) is 13.6 Å². The Labute approximate surface area is 138 Å². The van der Waals surface area contributed by atoms with E-state index in [1.54, 1.807) is 24.2 Å². The molecule has 0 unspecified atom stereocenters. The second-order valence-corrected chi connectivity index (χ2v) is 5.41. The number of likely N-dealkylation sites (N-methyl/N-ethyl adjacent to an activating group) is 1. The van der Waals surface area contributed by atoms with Gasteiger partial charge in [0.15, 0.2) is 0 Å². The summed E-state index contributed by atoms with van der Waals surface area (Å²) in [4.78, 5) is 19.1. The van der Waals surface area contributed by atoms with Gasteiger partial charge in [0, 0.05) is 25.7 Å². The average molecular weight is 306 g/mol. The van der Waals surface area contributed by atoms with E-state index in [2.05, 4.69) is 18.1 Å². The zero-order valence-electron chi connectivity index (χ0n) is 13.4. The molecule has 2 aromatic rings. The summed E-state index contributed by atoms with van der Waals surface area (Å²) in [5, 5.41) is 0. The van der Waals surface area contributed by atoms with Gasteiger partial charge in [-0.25, -0.2) is 0 Å². The van der Waals surface area contributed by atoms with Crippen molar-refractivity contribution in [3.63, 3.8) is 0 Å². The summed E-state index contributed by atoms with van der Waals surface area (Å²) in [6.07, 6.45) is 5.27. The number of aromatic nitrogens is 1. The highest BCUT2D eigenvalue weighted by atomic mass is 16.2. The molecule has 0 aliphatic heterocycles. The summed E-state index contributed by atoms with van der Waals surface area (Å²) in [7, 11) is 1.78. The molecular formula is C20H22N2O. The van der Waals surface area contributed by atoms with Crippen molar-refractivity contribution in [3.05, 3.63) is 91.3 Å². The maximum Gasteiger partial charge on any atom is 0.232 e. The first-order chi connectivity index (χ1) is 11.2. The zero-order valence-corrected chi connectivity index (χ0v) is 13.4. The molecule has 0 saturated carbocycles. The van der Waals surface area contributed by atoms with Crippen LogP contribution in [0.1, 0.15) is 23.1 Å². The molecule has 1 amide bonds. The molecule has 0 radical (unpaired) electrons. The number of benzene rings is 1. The lowest BCUT2D eigenvalue weighted by molar-refractivity contribution is -0.131. The smallest absolute Gasteiger partial charge is 0.232 e. The molecule has 0 aliphatic rings. The summed E-state index contributed by atoms with van der Waals surface area (Å²) >= 11 is 0. The summed E-state index contributed by atoms with van der Waals surface area (Å²) < 4.78 is 0. The summed E-state index contributed by atoms with van der Waals surface area (Å²) in [5.74, 6) is -0.524. The molecule has 23 heavy (non-hydrogen) atoms. The zero-order chi connectivity index (χ0) is 16.7. The van der Waals surface area contributed by atoms with E-state index < -0.39 is 5.92 Å². The lowest BCUT2D eigenvalue weighted by Crippen LogP contribution is -2.34. The average Bonchev–Trinajstić information content (AvgIpc) is 2.60. The fraction of sp³-hybridized carbons (Fsp3) is 0.200. The summed E-state index contributed by atoms with van der Waals surface area (Å²) in [6.45, 7) is 8.16. The lowest BCUT2D eigenvalue weighted by Gasteiger charge is -2.28. The van der Waals surface area contributed by atoms with Crippen LogP contribution in [0.25, 0.3) is 0 Å². The van der Waals surface area contributed by atoms with Crippen molar-refractivity contribution in [2.45, 2.75) is 11.8 Å². The van der Waals surface area contributed by atoms with Gasteiger partial charge in [-0.3, -0.25) is 9.78 Å². The van der Waals surface area contributed by atoms with Gasteiger partial charge in [0.05, 0.1) is 11.6 Å². The Morgan fingerprint density at radius 1 is 1.17 bits per heavy atom. The van der Waals surface area contributed by atoms with Crippen molar-refractivity contribution in [3.8, 4) is 0 Å². The standard InChI is InChI=1S/C20H22N2O/c1-4-15-22(3)20(23)19(18-13-9-10-14-21-18)17(5-2)16-11-7-6-8-12-16/h4-14,17,19H,1-2,15H2,3H3/t17-,19-/m1/s1. The quantitative estimate of drug-likeness (QED) is 0.729. The van der Waals surface area contributed by atoms with Crippen molar-refractivity contribution in [1.29, 1.82) is 0 Å². The minimum absolute atomic E-state index is 0.0114. The predicted octanol–water partition coefficient (Wildman–Crippen LogP) is 3.78. The highest BCUT2D eigenvalue weighted by Crippen LogP contribution is 2.34. The molecule has 3 nitrogen and oxygen atoms in total. The van der Waals surface area contributed by atoms with Gasteiger partial charge in [-0.1, -0.05) is 48.6 Å². The van der Waals surface area contributed by atoms with Crippen LogP contribution in [0, 0.1) is 0 Å². The largest absolute Gasteiger partial charge is 0.341 e. The molecule has 2 atom stereocenters. The molecule has 0 spiro atoms. The van der Waals surface area contributed by atoms with Crippen LogP contribution in [0.3, 0.4) is 0 Å². The van der Waals surface area contributed by atoms with Crippen molar-refractivity contribution in [2.24, 2.45) is 0 Å². The topological polar surface area (TPSA) is 33.2 Å². The van der Waals surface area contributed by atoms with Gasteiger partial charge < -0.3 is 4.90 Å². The fourth-order valence-electron chi connectivity index (χ4n) is 2.68. The van der Waals surface area contributed by atoms with E-state index in [1.165, 1.54) is 0 Å². The molecule has 0 saturated heterocycles. The first-order valence-corrected chi connectivity index (χ1v) is 7.63. The number of nitrogens with zero attached hydrogens (tertiary/aromatic N) is 2. The fourth-order valence-corrected chi connectivity index (χ4v) is 2.68. The third-order valence-corrected chi connectivity index (χ3v) is 3.85. The Bertz CT molecular complexity index is 652. The van der Waals surface area contributed by atoms with Crippen LogP contribution in [0.2, 0.25) is 0 Å². The van der Waals surface area contributed by atoms with Crippen LogP contribution in [0.4, 0.5) is 0 Å². The van der Waals surface area contributed by atoms with E-state index in [4.69, 9.17) is 0 Å². The molecule has 0 N–H and O–H groups in total. The number of amides is 1. The maximum absolute atomic E-state index is 13.0. The van der Waals surface area contributed by atoms with Crippen LogP contribution in [-0.2, 0) is 4.79 Å². The number of hydrogen-bond donors (Lipinski definition) is 0. The Balaban J connectivity index is 2.46. The number of pyridine rings is 1. The Kier molecular flexibility index (Phi) is 5.87. The van der Waals surface area contributed by atoms with Crippen molar-refractivity contribution >= 4 is 5.91 Å². The minimum atomic E-state index is -0.402. The van der Waals surface area contributed by atoms with Gasteiger partial charge in [0.25, 0.3) is 0 Å². The van der Waals surface area contributed by atoms with E-state index in [0.29, 0.717) is 6.54 Å². The molecule has 2 rings (SSSR count). The Hall–Kier alpha value is -2.68. The molecule has 118 valence electrons. The lowest BCUT2D eigenvalue weighted by atomic mass is 9.82. The SMILES string of the molecule is C=CCN(C)C(=O)[C@@H](c1ccccn1)[C@H](C=C)c1ccccc1. The number of carbonyl (C=O) groups is 1. The van der Waals surface area contributed by atoms with E-state index in [0.717, 1.165) is 11.3 Å². The van der Waals surface area contributed by atoms with Crippen LogP contribution in [0.5, 0.6) is 0 Å². The number of carbonyl (C=O) groups excluding carboxylic acids is 1. The van der Waals surface area contributed by atoms with E-state index in [9.17, 15) is 4.79 Å². The van der Waals surface area contributed by atoms with E-state index >= 15 is 0 Å². The maximum atomic E-state index is 13.0. The normalized spacial score (nSPS) is 12.9. The highest BCUT2D eigenvalue weighted by molar-refractivity contribution is 5.84. The molecule has 0 fully saturated rings. The third-order valence-electron chi connectivity index (χ3n) is 3.85. The van der Waals surface area contributed by atoms with Gasteiger partial charge in [-0.05, 0) is 17.7 Å². The molecule has 3 heteroatoms. The highest BCUT2D eigenvalue weighted by Gasteiger charge is 2.32. The van der Waals surface area contributed by atoms with Crippen LogP contribution in [0.15, 0.2) is 80.0 Å². The number of allylic oxidation sites excluding steroid dienone is 1. The summed E-state index contributed by atoms with van der Waals surface area (Å²) in [5.41, 5.74) is 1.81. The summed E-state index contributed by atoms with van der Waals surface area (Å²) in [6, 6.07) is 15.6. The van der Waals surface area contributed by atoms with Crippen LogP contribution >= 0.6 is 0 Å². The number of rotatable bonds is 7. The second-order valence-electron chi connectivity index (χ2n) is 5.41. The van der Waals surface area contributed by atoms with Gasteiger partial charge in [0.2, 0.25) is 5.91 Å². The minimum Gasteiger partial charge on any atom is -0.341 e. The molecule has 0 aliphatic carbocycles. The van der Waals surface area contributed by atoms with Crippen molar-refractivity contribution in [1.82, 2.24) is 9.88 Å². The second kappa shape index (κ2) is 8.08. The van der Waals surface area contributed by atoms with E-state index in [-0.39, 0.29) is 11.8 Å².